The maximum absolute atomic E-state index is 12.4. The van der Waals surface area contributed by atoms with Gasteiger partial charge in [-0.3, -0.25) is 4.79 Å². The zero-order chi connectivity index (χ0) is 16.6. The molecule has 0 aromatic carbocycles. The second kappa shape index (κ2) is 7.87. The van der Waals surface area contributed by atoms with Crippen molar-refractivity contribution in [1.29, 1.82) is 0 Å². The van der Waals surface area contributed by atoms with Crippen LogP contribution in [0.1, 0.15) is 16.8 Å². The molecule has 1 amide bonds. The quantitative estimate of drug-likeness (QED) is 0.653. The molecule has 122 valence electrons. The molecule has 3 aromatic heterocycles. The van der Waals surface area contributed by atoms with Crippen molar-refractivity contribution < 1.29 is 4.79 Å². The number of nitrogens with one attached hydrogen (secondary N) is 2. The molecule has 0 fully saturated rings. The number of rotatable bonds is 7. The third-order valence-electron chi connectivity index (χ3n) is 3.40. The van der Waals surface area contributed by atoms with E-state index >= 15 is 0 Å². The Kier molecular flexibility index (Phi) is 5.14. The number of nitrogens with zero attached hydrogens (tertiary/aromatic N) is 4. The molecule has 0 aliphatic rings. The van der Waals surface area contributed by atoms with Crippen molar-refractivity contribution in [2.45, 2.75) is 13.0 Å². The smallest absolute Gasteiger partial charge is 0.260 e. The van der Waals surface area contributed by atoms with Crippen LogP contribution in [0.25, 0.3) is 0 Å². The summed E-state index contributed by atoms with van der Waals surface area (Å²) in [5, 5.41) is 5.99. The number of hydrogen-bond acceptors (Lipinski definition) is 5. The number of amides is 1. The fourth-order valence-electron chi connectivity index (χ4n) is 2.24. The Labute approximate surface area is 139 Å². The van der Waals surface area contributed by atoms with Gasteiger partial charge < -0.3 is 15.2 Å². The van der Waals surface area contributed by atoms with E-state index in [0.717, 1.165) is 13.0 Å². The minimum absolute atomic E-state index is 0.237. The van der Waals surface area contributed by atoms with Crippen molar-refractivity contribution in [3.05, 3.63) is 67.0 Å². The summed E-state index contributed by atoms with van der Waals surface area (Å²) in [6, 6.07) is 8.84. The van der Waals surface area contributed by atoms with Crippen LogP contribution in [0.4, 0.5) is 11.6 Å². The summed E-state index contributed by atoms with van der Waals surface area (Å²) >= 11 is 0. The first-order valence-corrected chi connectivity index (χ1v) is 7.70. The Bertz CT molecular complexity index is 773. The van der Waals surface area contributed by atoms with Gasteiger partial charge in [-0.15, -0.1) is 0 Å². The number of carbonyl (C=O) groups is 1. The summed E-state index contributed by atoms with van der Waals surface area (Å²) in [6.45, 7) is 1.56. The molecule has 24 heavy (non-hydrogen) atoms. The topological polar surface area (TPSA) is 84.7 Å². The van der Waals surface area contributed by atoms with Gasteiger partial charge in [0.1, 0.15) is 11.6 Å². The molecule has 0 atom stereocenters. The van der Waals surface area contributed by atoms with Gasteiger partial charge in [0.25, 0.3) is 5.91 Å². The highest BCUT2D eigenvalue weighted by molar-refractivity contribution is 6.06. The van der Waals surface area contributed by atoms with Crippen LogP contribution in [0.15, 0.2) is 61.4 Å². The highest BCUT2D eigenvalue weighted by atomic mass is 16.1. The van der Waals surface area contributed by atoms with E-state index < -0.39 is 0 Å². The van der Waals surface area contributed by atoms with Gasteiger partial charge >= 0.3 is 0 Å². The van der Waals surface area contributed by atoms with E-state index in [9.17, 15) is 4.79 Å². The fourth-order valence-corrected chi connectivity index (χ4v) is 2.24. The van der Waals surface area contributed by atoms with Gasteiger partial charge in [0, 0.05) is 37.9 Å². The molecule has 0 saturated heterocycles. The Morgan fingerprint density at radius 1 is 1.08 bits per heavy atom. The van der Waals surface area contributed by atoms with Gasteiger partial charge in [0.2, 0.25) is 0 Å². The first kappa shape index (κ1) is 15.7. The Hall–Kier alpha value is -3.22. The van der Waals surface area contributed by atoms with E-state index in [1.54, 1.807) is 49.2 Å². The molecule has 0 radical (unpaired) electrons. The Morgan fingerprint density at radius 3 is 2.79 bits per heavy atom. The maximum Gasteiger partial charge on any atom is 0.260 e. The summed E-state index contributed by atoms with van der Waals surface area (Å²) in [4.78, 5) is 24.8. The average Bonchev–Trinajstić information content (AvgIpc) is 3.13. The molecule has 0 aliphatic carbocycles. The molecule has 0 unspecified atom stereocenters. The zero-order valence-corrected chi connectivity index (χ0v) is 13.1. The van der Waals surface area contributed by atoms with E-state index in [4.69, 9.17) is 0 Å². The Balaban J connectivity index is 1.59. The minimum atomic E-state index is -0.237. The highest BCUT2D eigenvalue weighted by Gasteiger charge is 2.12. The van der Waals surface area contributed by atoms with Crippen LogP contribution < -0.4 is 10.6 Å². The van der Waals surface area contributed by atoms with E-state index in [1.807, 2.05) is 16.8 Å². The lowest BCUT2D eigenvalue weighted by Crippen LogP contribution is -2.17. The van der Waals surface area contributed by atoms with Crippen LogP contribution >= 0.6 is 0 Å². The normalized spacial score (nSPS) is 10.3. The molecule has 0 aliphatic heterocycles. The van der Waals surface area contributed by atoms with Crippen LogP contribution in [0.2, 0.25) is 0 Å². The van der Waals surface area contributed by atoms with E-state index in [-0.39, 0.29) is 5.91 Å². The number of aromatic nitrogens is 4. The third kappa shape index (κ3) is 4.16. The van der Waals surface area contributed by atoms with Crippen LogP contribution in [0, 0.1) is 0 Å². The number of imidazole rings is 1. The molecule has 3 rings (SSSR count). The lowest BCUT2D eigenvalue weighted by molar-refractivity contribution is 0.102. The van der Waals surface area contributed by atoms with Gasteiger partial charge in [0.15, 0.2) is 0 Å². The SMILES string of the molecule is O=C(Nc1ccccn1)c1cccnc1NCCCn1ccnc1. The number of anilines is 2. The van der Waals surface area contributed by atoms with Crippen molar-refractivity contribution in [2.75, 3.05) is 17.2 Å². The van der Waals surface area contributed by atoms with E-state index in [1.165, 1.54) is 0 Å². The van der Waals surface area contributed by atoms with Crippen LogP contribution in [-0.2, 0) is 6.54 Å². The van der Waals surface area contributed by atoms with Gasteiger partial charge in [0.05, 0.1) is 11.9 Å². The van der Waals surface area contributed by atoms with Crippen molar-refractivity contribution in [3.63, 3.8) is 0 Å². The summed E-state index contributed by atoms with van der Waals surface area (Å²) < 4.78 is 2.01. The summed E-state index contributed by atoms with van der Waals surface area (Å²) in [5.41, 5.74) is 0.491. The highest BCUT2D eigenvalue weighted by Crippen LogP contribution is 2.13. The third-order valence-corrected chi connectivity index (χ3v) is 3.40. The fraction of sp³-hybridized carbons (Fsp3) is 0.176. The largest absolute Gasteiger partial charge is 0.369 e. The predicted molar refractivity (Wildman–Crippen MR) is 91.8 cm³/mol. The second-order valence-electron chi connectivity index (χ2n) is 5.15. The monoisotopic (exact) mass is 322 g/mol. The standard InChI is InChI=1S/C17H18N6O/c24-17(22-15-6-1-2-7-19-15)14-5-3-8-20-16(14)21-9-4-11-23-12-10-18-13-23/h1-3,5-8,10,12-13H,4,9,11H2,(H,20,21)(H,19,22,24). The molecular weight excluding hydrogens is 304 g/mol. The molecule has 2 N–H and O–H groups in total. The van der Waals surface area contributed by atoms with Crippen LogP contribution in [0.5, 0.6) is 0 Å². The number of aryl methyl sites for hydroxylation is 1. The molecule has 3 aromatic rings. The van der Waals surface area contributed by atoms with Crippen molar-refractivity contribution >= 4 is 17.5 Å². The molecule has 3 heterocycles. The zero-order valence-electron chi connectivity index (χ0n) is 13.1. The Morgan fingerprint density at radius 2 is 2.00 bits per heavy atom. The molecule has 7 nitrogen and oxygen atoms in total. The average molecular weight is 322 g/mol. The van der Waals surface area contributed by atoms with Crippen molar-refractivity contribution in [3.8, 4) is 0 Å². The number of pyridine rings is 2. The summed E-state index contributed by atoms with van der Waals surface area (Å²) in [5.74, 6) is 0.841. The van der Waals surface area contributed by atoms with E-state index in [0.29, 0.717) is 23.7 Å². The van der Waals surface area contributed by atoms with Gasteiger partial charge in [-0.05, 0) is 30.7 Å². The van der Waals surface area contributed by atoms with Crippen LogP contribution in [0.3, 0.4) is 0 Å². The molecular formula is C17H18N6O. The molecule has 7 heteroatoms. The van der Waals surface area contributed by atoms with Gasteiger partial charge in [-0.1, -0.05) is 6.07 Å². The lowest BCUT2D eigenvalue weighted by atomic mass is 10.2. The first-order chi connectivity index (χ1) is 11.8. The summed E-state index contributed by atoms with van der Waals surface area (Å²) in [7, 11) is 0. The minimum Gasteiger partial charge on any atom is -0.369 e. The molecule has 0 bridgehead atoms. The van der Waals surface area contributed by atoms with Crippen molar-refractivity contribution in [2.24, 2.45) is 0 Å². The predicted octanol–water partition coefficient (Wildman–Crippen LogP) is 2.43. The summed E-state index contributed by atoms with van der Waals surface area (Å²) in [6.07, 6.45) is 9.66. The van der Waals surface area contributed by atoms with Gasteiger partial charge in [-0.2, -0.15) is 0 Å². The number of hydrogen-bond donors (Lipinski definition) is 2. The van der Waals surface area contributed by atoms with Crippen molar-refractivity contribution in [1.82, 2.24) is 19.5 Å². The van der Waals surface area contributed by atoms with Gasteiger partial charge in [-0.25, -0.2) is 15.0 Å². The second-order valence-corrected chi connectivity index (χ2v) is 5.15. The first-order valence-electron chi connectivity index (χ1n) is 7.70. The molecule has 0 saturated carbocycles. The van der Waals surface area contributed by atoms with Crippen LogP contribution in [-0.4, -0.2) is 32.0 Å². The molecule has 0 spiro atoms. The maximum atomic E-state index is 12.4. The van der Waals surface area contributed by atoms with E-state index in [2.05, 4.69) is 25.6 Å². The lowest BCUT2D eigenvalue weighted by Gasteiger charge is -2.11. The number of carbonyl (C=O) groups excluding carboxylic acids is 1.